The maximum Gasteiger partial charge on any atom is 0.137 e. The van der Waals surface area contributed by atoms with E-state index in [4.69, 9.17) is 4.74 Å². The van der Waals surface area contributed by atoms with Gasteiger partial charge in [-0.05, 0) is 121 Å². The van der Waals surface area contributed by atoms with Crippen LogP contribution in [0.5, 0.6) is 11.5 Å². The monoisotopic (exact) mass is 765 g/mol. The Kier molecular flexibility index (Phi) is 8.87. The summed E-state index contributed by atoms with van der Waals surface area (Å²) in [5, 5.41) is 2.40. The van der Waals surface area contributed by atoms with Crippen LogP contribution in [0.15, 0.2) is 237 Å². The van der Waals surface area contributed by atoms with Crippen molar-refractivity contribution < 1.29 is 4.74 Å². The molecule has 0 bridgehead atoms. The first kappa shape index (κ1) is 35.2. The molecule has 0 radical (unpaired) electrons. The van der Waals surface area contributed by atoms with Crippen molar-refractivity contribution in [3.05, 3.63) is 237 Å². The van der Waals surface area contributed by atoms with Crippen LogP contribution >= 0.6 is 0 Å². The third-order valence-corrected chi connectivity index (χ3v) is 11.7. The van der Waals surface area contributed by atoms with E-state index in [1.807, 2.05) is 0 Å². The van der Waals surface area contributed by atoms with E-state index in [9.17, 15) is 0 Å². The minimum atomic E-state index is 0.809. The van der Waals surface area contributed by atoms with E-state index in [0.717, 1.165) is 61.9 Å². The molecule has 2 heteroatoms. The fraction of sp³-hybridized carbons (Fsp3) is 0. The molecule has 1 heterocycles. The molecule has 0 saturated heterocycles. The molecule has 0 aromatic heterocycles. The van der Waals surface area contributed by atoms with E-state index >= 15 is 0 Å². The van der Waals surface area contributed by atoms with E-state index in [0.29, 0.717) is 0 Å². The molecule has 11 rings (SSSR count). The van der Waals surface area contributed by atoms with Crippen LogP contribution in [0.4, 0.5) is 17.1 Å². The third kappa shape index (κ3) is 6.61. The largest absolute Gasteiger partial charge is 0.456 e. The van der Waals surface area contributed by atoms with Gasteiger partial charge in [-0.3, -0.25) is 0 Å². The Morgan fingerprint density at radius 2 is 0.667 bits per heavy atom. The van der Waals surface area contributed by atoms with Gasteiger partial charge in [0.05, 0.1) is 0 Å². The van der Waals surface area contributed by atoms with Crippen molar-refractivity contribution in [1.29, 1.82) is 0 Å². The molecule has 0 aliphatic carbocycles. The molecule has 1 aliphatic heterocycles. The standard InChI is InChI=1S/C58H39NO/c1-4-12-40(13-5-1)44-20-22-46(23-21-44)48-27-33-53-55(37-48)54-34-32-52(39-58(54)60-57-35-28-49(38-56(53)57)42-16-8-3-9-17-42)59(51-31-26-43-18-10-11-19-47(43)36-51)50-29-24-45(25-30-50)41-14-6-2-7-15-41/h1-39H. The molecule has 0 atom stereocenters. The average Bonchev–Trinajstić information content (AvgIpc) is 3.46. The predicted octanol–water partition coefficient (Wildman–Crippen LogP) is 16.4. The van der Waals surface area contributed by atoms with Crippen molar-refractivity contribution >= 4 is 27.8 Å². The number of hydrogen-bond acceptors (Lipinski definition) is 2. The van der Waals surface area contributed by atoms with Gasteiger partial charge in [0.25, 0.3) is 0 Å². The third-order valence-electron chi connectivity index (χ3n) is 11.7. The Bertz CT molecular complexity index is 3140. The highest BCUT2D eigenvalue weighted by molar-refractivity contribution is 5.96. The van der Waals surface area contributed by atoms with E-state index in [-0.39, 0.29) is 0 Å². The smallest absolute Gasteiger partial charge is 0.137 e. The number of fused-ring (bicyclic) bond motifs is 6. The van der Waals surface area contributed by atoms with Crippen molar-refractivity contribution in [3.8, 4) is 78.3 Å². The molecule has 282 valence electrons. The van der Waals surface area contributed by atoms with Gasteiger partial charge in [0, 0.05) is 34.3 Å². The lowest BCUT2D eigenvalue weighted by Gasteiger charge is -2.27. The minimum absolute atomic E-state index is 0.809. The van der Waals surface area contributed by atoms with Gasteiger partial charge in [-0.1, -0.05) is 176 Å². The van der Waals surface area contributed by atoms with Gasteiger partial charge in [0.15, 0.2) is 0 Å². The van der Waals surface area contributed by atoms with E-state index in [1.165, 1.54) is 44.2 Å². The van der Waals surface area contributed by atoms with Gasteiger partial charge in [-0.2, -0.15) is 0 Å². The average molecular weight is 766 g/mol. The van der Waals surface area contributed by atoms with Gasteiger partial charge < -0.3 is 9.64 Å². The van der Waals surface area contributed by atoms with Crippen molar-refractivity contribution in [1.82, 2.24) is 0 Å². The van der Waals surface area contributed by atoms with Gasteiger partial charge in [-0.15, -0.1) is 0 Å². The van der Waals surface area contributed by atoms with Crippen molar-refractivity contribution in [2.75, 3.05) is 4.90 Å². The highest BCUT2D eigenvalue weighted by Crippen LogP contribution is 2.51. The Morgan fingerprint density at radius 3 is 1.32 bits per heavy atom. The van der Waals surface area contributed by atoms with Crippen molar-refractivity contribution in [3.63, 3.8) is 0 Å². The van der Waals surface area contributed by atoms with Crippen LogP contribution in [0.2, 0.25) is 0 Å². The molecule has 1 aliphatic rings. The van der Waals surface area contributed by atoms with Crippen LogP contribution in [0.1, 0.15) is 0 Å². The van der Waals surface area contributed by atoms with Crippen LogP contribution in [-0.4, -0.2) is 0 Å². The lowest BCUT2D eigenvalue weighted by Crippen LogP contribution is -2.10. The van der Waals surface area contributed by atoms with E-state index in [2.05, 4.69) is 241 Å². The zero-order valence-electron chi connectivity index (χ0n) is 32.9. The maximum atomic E-state index is 7.07. The van der Waals surface area contributed by atoms with E-state index in [1.54, 1.807) is 0 Å². The number of nitrogens with zero attached hydrogens (tertiary/aromatic N) is 1. The predicted molar refractivity (Wildman–Crippen MR) is 251 cm³/mol. The number of hydrogen-bond donors (Lipinski definition) is 0. The van der Waals surface area contributed by atoms with Gasteiger partial charge in [0.1, 0.15) is 11.5 Å². The number of rotatable bonds is 7. The van der Waals surface area contributed by atoms with Crippen molar-refractivity contribution in [2.24, 2.45) is 0 Å². The van der Waals surface area contributed by atoms with Gasteiger partial charge in [-0.25, -0.2) is 0 Å². The molecular weight excluding hydrogens is 727 g/mol. The fourth-order valence-electron chi connectivity index (χ4n) is 8.58. The van der Waals surface area contributed by atoms with E-state index < -0.39 is 0 Å². The zero-order valence-corrected chi connectivity index (χ0v) is 32.9. The molecule has 0 unspecified atom stereocenters. The topological polar surface area (TPSA) is 12.5 Å². The lowest BCUT2D eigenvalue weighted by molar-refractivity contribution is 0.488. The summed E-state index contributed by atoms with van der Waals surface area (Å²) in [7, 11) is 0. The molecule has 10 aromatic carbocycles. The molecule has 0 fully saturated rings. The Balaban J connectivity index is 1.06. The molecule has 2 nitrogen and oxygen atoms in total. The Labute approximate surface area is 350 Å². The summed E-state index contributed by atoms with van der Waals surface area (Å²) in [6.45, 7) is 0. The van der Waals surface area contributed by atoms with Gasteiger partial charge in [0.2, 0.25) is 0 Å². The summed E-state index contributed by atoms with van der Waals surface area (Å²) in [5.74, 6) is 1.64. The summed E-state index contributed by atoms with van der Waals surface area (Å²) in [6, 6.07) is 84.8. The highest BCUT2D eigenvalue weighted by Gasteiger charge is 2.24. The second-order valence-electron chi connectivity index (χ2n) is 15.3. The summed E-state index contributed by atoms with van der Waals surface area (Å²) < 4.78 is 7.07. The first-order chi connectivity index (χ1) is 29.7. The van der Waals surface area contributed by atoms with Gasteiger partial charge >= 0.3 is 0 Å². The van der Waals surface area contributed by atoms with Crippen molar-refractivity contribution in [2.45, 2.75) is 0 Å². The number of benzene rings is 10. The Morgan fingerprint density at radius 1 is 0.233 bits per heavy atom. The first-order valence-corrected chi connectivity index (χ1v) is 20.5. The van der Waals surface area contributed by atoms with Crippen LogP contribution in [0.25, 0.3) is 77.5 Å². The Hall–Kier alpha value is -7.94. The number of ether oxygens (including phenoxy) is 1. The lowest BCUT2D eigenvalue weighted by atomic mass is 9.89. The number of anilines is 3. The fourth-order valence-corrected chi connectivity index (χ4v) is 8.58. The molecule has 0 saturated carbocycles. The zero-order chi connectivity index (χ0) is 39.8. The molecule has 0 amide bonds. The molecule has 60 heavy (non-hydrogen) atoms. The highest BCUT2D eigenvalue weighted by atomic mass is 16.5. The maximum absolute atomic E-state index is 7.07. The second kappa shape index (κ2) is 15.1. The van der Waals surface area contributed by atoms with Crippen LogP contribution in [-0.2, 0) is 0 Å². The van der Waals surface area contributed by atoms with Crippen LogP contribution in [0, 0.1) is 0 Å². The first-order valence-electron chi connectivity index (χ1n) is 20.5. The quantitative estimate of drug-likeness (QED) is 0.160. The molecular formula is C58H39NO. The second-order valence-corrected chi connectivity index (χ2v) is 15.3. The summed E-state index contributed by atoms with van der Waals surface area (Å²) in [6.07, 6.45) is 0. The van der Waals surface area contributed by atoms with Crippen LogP contribution in [0.3, 0.4) is 0 Å². The molecule has 0 N–H and O–H groups in total. The normalized spacial score (nSPS) is 11.5. The molecule has 10 aromatic rings. The molecule has 0 spiro atoms. The SMILES string of the molecule is c1ccc(-c2ccc(-c3ccc4c(c3)-c3ccc(N(c5ccc(-c6ccccc6)cc5)c5ccc6ccccc6c5)cc3Oc3ccc(-c5ccccc5)cc3-4)cc2)cc1. The summed E-state index contributed by atoms with van der Waals surface area (Å²) in [4.78, 5) is 2.33. The summed E-state index contributed by atoms with van der Waals surface area (Å²) >= 11 is 0. The minimum Gasteiger partial charge on any atom is -0.456 e. The summed E-state index contributed by atoms with van der Waals surface area (Å²) in [5.41, 5.74) is 17.0. The van der Waals surface area contributed by atoms with Crippen LogP contribution < -0.4 is 9.64 Å².